The second kappa shape index (κ2) is 4.12. The van der Waals surface area contributed by atoms with Crippen molar-refractivity contribution in [2.45, 2.75) is 6.61 Å². The Balaban J connectivity index is 2.45. The number of hydrogen-bond donors (Lipinski definition) is 2. The quantitative estimate of drug-likeness (QED) is 0.881. The van der Waals surface area contributed by atoms with Gasteiger partial charge in [0.15, 0.2) is 0 Å². The summed E-state index contributed by atoms with van der Waals surface area (Å²) in [5, 5.41) is 8.96. The number of hydrogen-bond acceptors (Lipinski definition) is 2. The smallest absolute Gasteiger partial charge is 0.139 e. The molecule has 1 aromatic heterocycles. The van der Waals surface area contributed by atoms with Gasteiger partial charge in [-0.05, 0) is 28.1 Å². The number of aromatic amines is 1. The van der Waals surface area contributed by atoms with E-state index in [1.807, 2.05) is 0 Å². The summed E-state index contributed by atoms with van der Waals surface area (Å²) in [5.41, 5.74) is 1.23. The summed E-state index contributed by atoms with van der Waals surface area (Å²) >= 11 is 3.20. The lowest BCUT2D eigenvalue weighted by Crippen LogP contribution is -1.84. The summed E-state index contributed by atoms with van der Waals surface area (Å²) in [7, 11) is 0. The number of aliphatic hydroxyl groups excluding tert-OH is 1. The molecule has 0 bridgehead atoms. The van der Waals surface area contributed by atoms with Gasteiger partial charge < -0.3 is 10.1 Å². The van der Waals surface area contributed by atoms with Crippen molar-refractivity contribution >= 4 is 15.9 Å². The van der Waals surface area contributed by atoms with E-state index in [0.717, 1.165) is 0 Å². The van der Waals surface area contributed by atoms with Crippen LogP contribution in [-0.4, -0.2) is 15.1 Å². The van der Waals surface area contributed by atoms with Crippen molar-refractivity contribution in [1.82, 2.24) is 9.97 Å². The number of rotatable bonds is 2. The summed E-state index contributed by atoms with van der Waals surface area (Å²) in [6, 6.07) is 6.11. The largest absolute Gasteiger partial charge is 0.390 e. The van der Waals surface area contributed by atoms with Crippen molar-refractivity contribution in [3.05, 3.63) is 40.4 Å². The fourth-order valence-corrected chi connectivity index (χ4v) is 1.67. The van der Waals surface area contributed by atoms with Gasteiger partial charge in [0.1, 0.15) is 16.2 Å². The van der Waals surface area contributed by atoms with Crippen LogP contribution in [0.5, 0.6) is 0 Å². The van der Waals surface area contributed by atoms with E-state index in [-0.39, 0.29) is 12.4 Å². The summed E-state index contributed by atoms with van der Waals surface area (Å²) < 4.78 is 13.5. The lowest BCUT2D eigenvalue weighted by atomic mass is 10.2. The number of nitrogens with zero attached hydrogens (tertiary/aromatic N) is 1. The van der Waals surface area contributed by atoms with Gasteiger partial charge >= 0.3 is 0 Å². The number of aromatic nitrogens is 2. The van der Waals surface area contributed by atoms with E-state index in [4.69, 9.17) is 5.11 Å². The molecule has 15 heavy (non-hydrogen) atoms. The molecule has 0 aliphatic carbocycles. The molecule has 2 rings (SSSR count). The molecule has 0 spiro atoms. The van der Waals surface area contributed by atoms with Gasteiger partial charge in [-0.3, -0.25) is 0 Å². The molecule has 1 aromatic carbocycles. The third-order valence-corrected chi connectivity index (χ3v) is 2.64. The van der Waals surface area contributed by atoms with E-state index in [0.29, 0.717) is 21.7 Å². The Labute approximate surface area is 94.1 Å². The fourth-order valence-electron chi connectivity index (χ4n) is 1.27. The number of halogens is 2. The van der Waals surface area contributed by atoms with Crippen LogP contribution in [0, 0.1) is 5.82 Å². The molecule has 0 aliphatic heterocycles. The molecule has 0 saturated carbocycles. The van der Waals surface area contributed by atoms with E-state index in [1.54, 1.807) is 12.1 Å². The maximum absolute atomic E-state index is 12.9. The van der Waals surface area contributed by atoms with Crippen LogP contribution in [0.1, 0.15) is 5.69 Å². The van der Waals surface area contributed by atoms with Crippen molar-refractivity contribution < 1.29 is 9.50 Å². The Morgan fingerprint density at radius 3 is 2.87 bits per heavy atom. The molecule has 0 radical (unpaired) electrons. The average molecular weight is 271 g/mol. The van der Waals surface area contributed by atoms with Gasteiger partial charge in [0.25, 0.3) is 0 Å². The molecule has 2 N–H and O–H groups in total. The molecule has 0 amide bonds. The lowest BCUT2D eigenvalue weighted by Gasteiger charge is -1.95. The van der Waals surface area contributed by atoms with Gasteiger partial charge in [0.05, 0.1) is 12.3 Å². The molecule has 1 heterocycles. The van der Waals surface area contributed by atoms with E-state index in [9.17, 15) is 4.39 Å². The minimum absolute atomic E-state index is 0.136. The molecule has 5 heteroatoms. The molecule has 0 aliphatic rings. The third-order valence-electron chi connectivity index (χ3n) is 1.98. The van der Waals surface area contributed by atoms with E-state index in [1.165, 1.54) is 12.1 Å². The van der Waals surface area contributed by atoms with Crippen LogP contribution in [0.2, 0.25) is 0 Å². The maximum atomic E-state index is 12.9. The van der Waals surface area contributed by atoms with Crippen LogP contribution in [-0.2, 0) is 6.61 Å². The lowest BCUT2D eigenvalue weighted by molar-refractivity contribution is 0.276. The highest BCUT2D eigenvalue weighted by molar-refractivity contribution is 9.10. The summed E-state index contributed by atoms with van der Waals surface area (Å²) in [5.74, 6) is 0.219. The third kappa shape index (κ3) is 2.08. The highest BCUT2D eigenvalue weighted by Crippen LogP contribution is 2.22. The Morgan fingerprint density at radius 1 is 1.47 bits per heavy atom. The first-order chi connectivity index (χ1) is 7.20. The van der Waals surface area contributed by atoms with E-state index >= 15 is 0 Å². The average Bonchev–Trinajstić information content (AvgIpc) is 2.60. The zero-order chi connectivity index (χ0) is 10.8. The number of H-pyrrole nitrogens is 1. The fraction of sp³-hybridized carbons (Fsp3) is 0.100. The zero-order valence-corrected chi connectivity index (χ0v) is 9.25. The van der Waals surface area contributed by atoms with Gasteiger partial charge in [0, 0.05) is 5.56 Å². The van der Waals surface area contributed by atoms with Gasteiger partial charge in [-0.15, -0.1) is 0 Å². The molecule has 0 saturated heterocycles. The van der Waals surface area contributed by atoms with Crippen LogP contribution < -0.4 is 0 Å². The standard InChI is InChI=1S/C10H8BrFN2O/c11-9-8(5-15)13-10(14-9)6-2-1-3-7(12)4-6/h1-4,15H,5H2,(H,13,14). The van der Waals surface area contributed by atoms with Crippen molar-refractivity contribution in [1.29, 1.82) is 0 Å². The molecule has 2 aromatic rings. The van der Waals surface area contributed by atoms with Crippen molar-refractivity contribution in [3.8, 4) is 11.4 Å². The van der Waals surface area contributed by atoms with Gasteiger partial charge in [0.2, 0.25) is 0 Å². The molecule has 3 nitrogen and oxygen atoms in total. The van der Waals surface area contributed by atoms with E-state index < -0.39 is 0 Å². The topological polar surface area (TPSA) is 48.9 Å². The van der Waals surface area contributed by atoms with Crippen LogP contribution >= 0.6 is 15.9 Å². The Hall–Kier alpha value is -1.20. The van der Waals surface area contributed by atoms with Gasteiger partial charge in [-0.2, -0.15) is 0 Å². The van der Waals surface area contributed by atoms with Crippen LogP contribution in [0.3, 0.4) is 0 Å². The summed E-state index contributed by atoms with van der Waals surface area (Å²) in [4.78, 5) is 7.03. The first-order valence-corrected chi connectivity index (χ1v) is 5.11. The normalized spacial score (nSPS) is 10.6. The molecular weight excluding hydrogens is 263 g/mol. The monoisotopic (exact) mass is 270 g/mol. The van der Waals surface area contributed by atoms with Gasteiger partial charge in [-0.1, -0.05) is 12.1 Å². The van der Waals surface area contributed by atoms with Crippen molar-refractivity contribution in [2.75, 3.05) is 0 Å². The molecule has 0 unspecified atom stereocenters. The predicted octanol–water partition coefficient (Wildman–Crippen LogP) is 2.47. The van der Waals surface area contributed by atoms with Gasteiger partial charge in [-0.25, -0.2) is 9.37 Å². The van der Waals surface area contributed by atoms with Crippen LogP contribution in [0.25, 0.3) is 11.4 Å². The summed E-state index contributed by atoms with van der Waals surface area (Å²) in [6.07, 6.45) is 0. The highest BCUT2D eigenvalue weighted by atomic mass is 79.9. The first-order valence-electron chi connectivity index (χ1n) is 4.32. The molecule has 0 fully saturated rings. The van der Waals surface area contributed by atoms with Crippen molar-refractivity contribution in [2.24, 2.45) is 0 Å². The first kappa shape index (κ1) is 10.3. The Kier molecular flexibility index (Phi) is 2.83. The number of nitrogens with one attached hydrogen (secondary N) is 1. The number of imidazole rings is 1. The van der Waals surface area contributed by atoms with Crippen LogP contribution in [0.15, 0.2) is 28.9 Å². The van der Waals surface area contributed by atoms with E-state index in [2.05, 4.69) is 25.9 Å². The minimum atomic E-state index is -0.314. The number of benzene rings is 1. The second-order valence-electron chi connectivity index (χ2n) is 3.02. The Bertz CT molecular complexity index is 484. The molecule has 78 valence electrons. The maximum Gasteiger partial charge on any atom is 0.139 e. The molecule has 0 atom stereocenters. The summed E-state index contributed by atoms with van der Waals surface area (Å²) in [6.45, 7) is -0.136. The SMILES string of the molecule is OCc1[nH]c(-c2cccc(F)c2)nc1Br. The number of aliphatic hydroxyl groups is 1. The second-order valence-corrected chi connectivity index (χ2v) is 3.77. The Morgan fingerprint density at radius 2 is 2.27 bits per heavy atom. The van der Waals surface area contributed by atoms with Crippen molar-refractivity contribution in [3.63, 3.8) is 0 Å². The predicted molar refractivity (Wildman–Crippen MR) is 57.6 cm³/mol. The van der Waals surface area contributed by atoms with Crippen LogP contribution in [0.4, 0.5) is 4.39 Å². The zero-order valence-electron chi connectivity index (χ0n) is 7.67. The highest BCUT2D eigenvalue weighted by Gasteiger charge is 2.08. The molecular formula is C10H8BrFN2O. The minimum Gasteiger partial charge on any atom is -0.390 e.